The van der Waals surface area contributed by atoms with Gasteiger partial charge in [0, 0.05) is 6.42 Å². The standard InChI is InChI=1S/C7H7Br2N3/c1-2-4(10)3-5-6(8)12-7(9)11-5/h1,4H,3,10H2,(H,11,12). The number of hydrogen-bond donors (Lipinski definition) is 2. The zero-order valence-electron chi connectivity index (χ0n) is 6.14. The molecule has 0 bridgehead atoms. The minimum Gasteiger partial charge on any atom is -0.335 e. The summed E-state index contributed by atoms with van der Waals surface area (Å²) in [6.07, 6.45) is 5.73. The lowest BCUT2D eigenvalue weighted by Gasteiger charge is -2.00. The van der Waals surface area contributed by atoms with E-state index < -0.39 is 0 Å². The van der Waals surface area contributed by atoms with Crippen molar-refractivity contribution >= 4 is 31.9 Å². The number of aromatic amines is 1. The van der Waals surface area contributed by atoms with Gasteiger partial charge in [0.1, 0.15) is 4.60 Å². The second-order valence-corrected chi connectivity index (χ2v) is 3.78. The second-order valence-electron chi connectivity index (χ2n) is 2.27. The molecule has 0 spiro atoms. The molecular formula is C7H7Br2N3. The highest BCUT2D eigenvalue weighted by Gasteiger charge is 2.08. The molecule has 0 aliphatic carbocycles. The van der Waals surface area contributed by atoms with Gasteiger partial charge in [-0.3, -0.25) is 0 Å². The van der Waals surface area contributed by atoms with Crippen LogP contribution in [0.4, 0.5) is 0 Å². The summed E-state index contributed by atoms with van der Waals surface area (Å²) in [7, 11) is 0. The smallest absolute Gasteiger partial charge is 0.175 e. The first-order chi connectivity index (χ1) is 5.63. The molecule has 0 saturated carbocycles. The third-order valence-electron chi connectivity index (χ3n) is 1.34. The zero-order chi connectivity index (χ0) is 9.14. The summed E-state index contributed by atoms with van der Waals surface area (Å²) in [5.74, 6) is 2.44. The number of nitrogens with two attached hydrogens (primary N) is 1. The van der Waals surface area contributed by atoms with Crippen molar-refractivity contribution in [2.75, 3.05) is 0 Å². The largest absolute Gasteiger partial charge is 0.335 e. The van der Waals surface area contributed by atoms with Crippen LogP contribution >= 0.6 is 31.9 Å². The highest BCUT2D eigenvalue weighted by atomic mass is 79.9. The summed E-state index contributed by atoms with van der Waals surface area (Å²) in [5, 5.41) is 0. The van der Waals surface area contributed by atoms with Gasteiger partial charge in [-0.25, -0.2) is 4.98 Å². The van der Waals surface area contributed by atoms with Crippen LogP contribution < -0.4 is 5.73 Å². The molecule has 1 aromatic rings. The van der Waals surface area contributed by atoms with E-state index in [4.69, 9.17) is 12.2 Å². The quantitative estimate of drug-likeness (QED) is 0.811. The van der Waals surface area contributed by atoms with Gasteiger partial charge in [-0.05, 0) is 31.9 Å². The molecule has 0 aliphatic rings. The molecular weight excluding hydrogens is 286 g/mol. The van der Waals surface area contributed by atoms with E-state index >= 15 is 0 Å². The molecule has 3 N–H and O–H groups in total. The van der Waals surface area contributed by atoms with Crippen LogP contribution in [-0.4, -0.2) is 16.0 Å². The van der Waals surface area contributed by atoms with Gasteiger partial charge in [-0.2, -0.15) is 0 Å². The van der Waals surface area contributed by atoms with Gasteiger partial charge >= 0.3 is 0 Å². The Balaban J connectivity index is 2.76. The van der Waals surface area contributed by atoms with Crippen molar-refractivity contribution in [1.29, 1.82) is 0 Å². The highest BCUT2D eigenvalue weighted by Crippen LogP contribution is 2.17. The van der Waals surface area contributed by atoms with Crippen LogP contribution in [0, 0.1) is 12.3 Å². The lowest BCUT2D eigenvalue weighted by molar-refractivity contribution is 0.812. The van der Waals surface area contributed by atoms with Crippen LogP contribution in [0.5, 0.6) is 0 Å². The normalized spacial score (nSPS) is 12.5. The molecule has 64 valence electrons. The van der Waals surface area contributed by atoms with Crippen LogP contribution in [0.25, 0.3) is 0 Å². The Morgan fingerprint density at radius 3 is 2.75 bits per heavy atom. The summed E-state index contributed by atoms with van der Waals surface area (Å²) >= 11 is 6.48. The van der Waals surface area contributed by atoms with Crippen molar-refractivity contribution in [3.05, 3.63) is 15.0 Å². The van der Waals surface area contributed by atoms with E-state index in [2.05, 4.69) is 47.7 Å². The summed E-state index contributed by atoms with van der Waals surface area (Å²) in [6, 6.07) is -0.270. The summed E-state index contributed by atoms with van der Waals surface area (Å²) in [5.41, 5.74) is 6.47. The second kappa shape index (κ2) is 4.08. The molecule has 1 aromatic heterocycles. The van der Waals surface area contributed by atoms with Crippen molar-refractivity contribution in [3.8, 4) is 12.3 Å². The Morgan fingerprint density at radius 1 is 1.67 bits per heavy atom. The number of terminal acetylenes is 1. The average Bonchev–Trinajstić information content (AvgIpc) is 2.30. The molecule has 1 heterocycles. The number of H-pyrrole nitrogens is 1. The maximum Gasteiger partial charge on any atom is 0.175 e. The Kier molecular flexibility index (Phi) is 3.32. The number of rotatable bonds is 2. The number of halogens is 2. The van der Waals surface area contributed by atoms with E-state index in [0.29, 0.717) is 11.2 Å². The minimum atomic E-state index is -0.270. The monoisotopic (exact) mass is 291 g/mol. The minimum absolute atomic E-state index is 0.270. The highest BCUT2D eigenvalue weighted by molar-refractivity contribution is 9.11. The van der Waals surface area contributed by atoms with Gasteiger partial charge in [0.25, 0.3) is 0 Å². The van der Waals surface area contributed by atoms with Gasteiger partial charge in [-0.15, -0.1) is 6.42 Å². The lowest BCUT2D eigenvalue weighted by atomic mass is 10.2. The Morgan fingerprint density at radius 2 is 2.33 bits per heavy atom. The Bertz CT molecular complexity index is 313. The van der Waals surface area contributed by atoms with Crippen molar-refractivity contribution in [2.45, 2.75) is 12.5 Å². The molecule has 0 saturated heterocycles. The van der Waals surface area contributed by atoms with E-state index in [9.17, 15) is 0 Å². The van der Waals surface area contributed by atoms with Crippen molar-refractivity contribution in [2.24, 2.45) is 5.73 Å². The van der Waals surface area contributed by atoms with Gasteiger partial charge < -0.3 is 10.7 Å². The van der Waals surface area contributed by atoms with Crippen LogP contribution in [0.2, 0.25) is 0 Å². The van der Waals surface area contributed by atoms with Crippen LogP contribution in [0.3, 0.4) is 0 Å². The first-order valence-electron chi connectivity index (χ1n) is 3.25. The average molecular weight is 293 g/mol. The summed E-state index contributed by atoms with van der Waals surface area (Å²) < 4.78 is 1.42. The fraction of sp³-hybridized carbons (Fsp3) is 0.286. The molecule has 1 rings (SSSR count). The van der Waals surface area contributed by atoms with Gasteiger partial charge in [0.05, 0.1) is 11.7 Å². The predicted octanol–water partition coefficient (Wildman–Crippen LogP) is 1.44. The van der Waals surface area contributed by atoms with Crippen molar-refractivity contribution < 1.29 is 0 Å². The molecule has 1 unspecified atom stereocenters. The molecule has 5 heteroatoms. The summed E-state index contributed by atoms with van der Waals surface area (Å²) in [4.78, 5) is 7.04. The fourth-order valence-corrected chi connectivity index (χ4v) is 1.86. The molecule has 12 heavy (non-hydrogen) atoms. The molecule has 0 aromatic carbocycles. The van der Waals surface area contributed by atoms with Crippen molar-refractivity contribution in [1.82, 2.24) is 9.97 Å². The number of aromatic nitrogens is 2. The maximum absolute atomic E-state index is 5.56. The van der Waals surface area contributed by atoms with E-state index in [1.165, 1.54) is 0 Å². The Labute approximate surface area is 87.4 Å². The van der Waals surface area contributed by atoms with Gasteiger partial charge in [0.15, 0.2) is 4.73 Å². The first-order valence-corrected chi connectivity index (χ1v) is 4.83. The third kappa shape index (κ3) is 2.34. The Hall–Kier alpha value is -0.310. The number of nitrogens with one attached hydrogen (secondary N) is 1. The first kappa shape index (κ1) is 9.78. The maximum atomic E-state index is 5.56. The summed E-state index contributed by atoms with van der Waals surface area (Å²) in [6.45, 7) is 0. The number of nitrogens with zero attached hydrogens (tertiary/aromatic N) is 1. The van der Waals surface area contributed by atoms with E-state index in [1.54, 1.807) is 0 Å². The molecule has 0 aliphatic heterocycles. The molecule has 0 radical (unpaired) electrons. The van der Waals surface area contributed by atoms with Crippen LogP contribution in [0.1, 0.15) is 5.69 Å². The third-order valence-corrected chi connectivity index (χ3v) is 2.37. The predicted molar refractivity (Wildman–Crippen MR) is 54.5 cm³/mol. The molecule has 0 fully saturated rings. The molecule has 0 amide bonds. The lowest BCUT2D eigenvalue weighted by Crippen LogP contribution is -2.20. The van der Waals surface area contributed by atoms with Gasteiger partial charge in [-0.1, -0.05) is 5.92 Å². The van der Waals surface area contributed by atoms with Gasteiger partial charge in [0.2, 0.25) is 0 Å². The molecule has 1 atom stereocenters. The van der Waals surface area contributed by atoms with Crippen molar-refractivity contribution in [3.63, 3.8) is 0 Å². The fourth-order valence-electron chi connectivity index (χ4n) is 0.772. The molecule has 3 nitrogen and oxygen atoms in total. The number of imidazole rings is 1. The zero-order valence-corrected chi connectivity index (χ0v) is 9.31. The van der Waals surface area contributed by atoms with E-state index in [1.807, 2.05) is 0 Å². The van der Waals surface area contributed by atoms with E-state index in [-0.39, 0.29) is 6.04 Å². The van der Waals surface area contributed by atoms with Crippen LogP contribution in [-0.2, 0) is 6.42 Å². The van der Waals surface area contributed by atoms with E-state index in [0.717, 1.165) is 10.3 Å². The topological polar surface area (TPSA) is 54.7 Å². The number of hydrogen-bond acceptors (Lipinski definition) is 2. The SMILES string of the molecule is C#CC(N)Cc1[nH]c(Br)nc1Br. The van der Waals surface area contributed by atoms with Crippen LogP contribution in [0.15, 0.2) is 9.34 Å².